The average molecular weight is 275 g/mol. The van der Waals surface area contributed by atoms with E-state index >= 15 is 0 Å². The molecular weight excluding hydrogens is 257 g/mol. The van der Waals surface area contributed by atoms with Gasteiger partial charge in [-0.05, 0) is 38.5 Å². The molecule has 0 aliphatic rings. The Bertz CT molecular complexity index is 500. The minimum atomic E-state index is -3.26. The molecule has 0 heterocycles. The lowest BCUT2D eigenvalue weighted by molar-refractivity contribution is 0.231. The number of benzene rings is 1. The summed E-state index contributed by atoms with van der Waals surface area (Å²) in [6, 6.07) is 4.42. The predicted octanol–water partition coefficient (Wildman–Crippen LogP) is 2.05. The Hall–Kier alpha value is -1.14. The Labute approximate surface area is 107 Å². The number of hydrogen-bond donors (Lipinski definition) is 1. The van der Waals surface area contributed by atoms with Gasteiger partial charge < -0.3 is 4.74 Å². The number of sulfonamides is 1. The summed E-state index contributed by atoms with van der Waals surface area (Å²) < 4.78 is 43.7. The summed E-state index contributed by atoms with van der Waals surface area (Å²) in [5.41, 5.74) is 0.556. The molecule has 0 aliphatic carbocycles. The van der Waals surface area contributed by atoms with Crippen LogP contribution in [-0.4, -0.2) is 20.3 Å². The van der Waals surface area contributed by atoms with Crippen molar-refractivity contribution in [1.82, 2.24) is 4.72 Å². The maximum absolute atomic E-state index is 13.6. The molecule has 0 unspecified atom stereocenters. The second-order valence-corrected chi connectivity index (χ2v) is 6.25. The predicted molar refractivity (Wildman–Crippen MR) is 68.5 cm³/mol. The molecule has 1 N–H and O–H groups in total. The molecule has 0 spiro atoms. The van der Waals surface area contributed by atoms with Crippen molar-refractivity contribution in [1.29, 1.82) is 0 Å². The first-order valence-corrected chi connectivity index (χ1v) is 7.41. The lowest BCUT2D eigenvalue weighted by Crippen LogP contribution is -2.24. The molecule has 4 nitrogen and oxygen atoms in total. The van der Waals surface area contributed by atoms with E-state index in [-0.39, 0.29) is 24.2 Å². The van der Waals surface area contributed by atoms with Crippen LogP contribution in [0, 0.1) is 5.82 Å². The summed E-state index contributed by atoms with van der Waals surface area (Å²) >= 11 is 0. The molecule has 6 heteroatoms. The van der Waals surface area contributed by atoms with Crippen molar-refractivity contribution < 1.29 is 17.5 Å². The summed E-state index contributed by atoms with van der Waals surface area (Å²) in [5, 5.41) is 0. The van der Waals surface area contributed by atoms with Crippen LogP contribution in [0.25, 0.3) is 0 Å². The SMILES string of the molecule is CCS(=O)(=O)NCc1ccc(OC(C)C)c(F)c1. The van der Waals surface area contributed by atoms with Gasteiger partial charge >= 0.3 is 0 Å². The minimum absolute atomic E-state index is 0.00399. The van der Waals surface area contributed by atoms with E-state index in [9.17, 15) is 12.8 Å². The fraction of sp³-hybridized carbons (Fsp3) is 0.500. The van der Waals surface area contributed by atoms with Crippen molar-refractivity contribution in [3.63, 3.8) is 0 Å². The topological polar surface area (TPSA) is 55.4 Å². The molecule has 0 aromatic heterocycles. The van der Waals surface area contributed by atoms with E-state index in [0.717, 1.165) is 0 Å². The maximum atomic E-state index is 13.6. The third-order valence-corrected chi connectivity index (χ3v) is 3.58. The Balaban J connectivity index is 2.73. The second-order valence-electron chi connectivity index (χ2n) is 4.16. The van der Waals surface area contributed by atoms with E-state index < -0.39 is 15.8 Å². The Morgan fingerprint density at radius 2 is 2.06 bits per heavy atom. The van der Waals surface area contributed by atoms with Crippen LogP contribution < -0.4 is 9.46 Å². The molecule has 18 heavy (non-hydrogen) atoms. The minimum Gasteiger partial charge on any atom is -0.488 e. The molecule has 0 bridgehead atoms. The standard InChI is InChI=1S/C12H18FNO3S/c1-4-18(15,16)14-8-10-5-6-12(11(13)7-10)17-9(2)3/h5-7,9,14H,4,8H2,1-3H3. The average Bonchev–Trinajstić information content (AvgIpc) is 2.29. The van der Waals surface area contributed by atoms with E-state index in [1.165, 1.54) is 12.1 Å². The highest BCUT2D eigenvalue weighted by atomic mass is 32.2. The molecule has 0 amide bonds. The Kier molecular flexibility index (Phi) is 5.10. The van der Waals surface area contributed by atoms with Gasteiger partial charge in [-0.15, -0.1) is 0 Å². The second kappa shape index (κ2) is 6.15. The van der Waals surface area contributed by atoms with Crippen molar-refractivity contribution in [3.05, 3.63) is 29.6 Å². The van der Waals surface area contributed by atoms with Crippen LogP contribution >= 0.6 is 0 Å². The fourth-order valence-electron chi connectivity index (χ4n) is 1.30. The molecule has 0 saturated heterocycles. The third kappa shape index (κ3) is 4.62. The van der Waals surface area contributed by atoms with E-state index in [4.69, 9.17) is 4.74 Å². The molecule has 0 saturated carbocycles. The molecule has 0 aliphatic heterocycles. The van der Waals surface area contributed by atoms with Crippen LogP contribution in [0.1, 0.15) is 26.3 Å². The van der Waals surface area contributed by atoms with Crippen LogP contribution in [0.3, 0.4) is 0 Å². The zero-order chi connectivity index (χ0) is 13.8. The van der Waals surface area contributed by atoms with E-state index in [0.29, 0.717) is 5.56 Å². The van der Waals surface area contributed by atoms with Gasteiger partial charge in [0.2, 0.25) is 10.0 Å². The maximum Gasteiger partial charge on any atom is 0.211 e. The van der Waals surface area contributed by atoms with E-state index in [1.807, 2.05) is 13.8 Å². The highest BCUT2D eigenvalue weighted by molar-refractivity contribution is 7.89. The van der Waals surface area contributed by atoms with Crippen molar-refractivity contribution in [2.45, 2.75) is 33.4 Å². The van der Waals surface area contributed by atoms with Crippen LogP contribution in [0.5, 0.6) is 5.75 Å². The first-order valence-electron chi connectivity index (χ1n) is 5.76. The molecular formula is C12H18FNO3S. The van der Waals surface area contributed by atoms with Crippen LogP contribution in [0.15, 0.2) is 18.2 Å². The summed E-state index contributed by atoms with van der Waals surface area (Å²) in [4.78, 5) is 0. The van der Waals surface area contributed by atoms with Gasteiger partial charge in [0.1, 0.15) is 0 Å². The Morgan fingerprint density at radius 1 is 1.39 bits per heavy atom. The largest absolute Gasteiger partial charge is 0.488 e. The highest BCUT2D eigenvalue weighted by Gasteiger charge is 2.09. The van der Waals surface area contributed by atoms with Crippen molar-refractivity contribution in [2.24, 2.45) is 0 Å². The smallest absolute Gasteiger partial charge is 0.211 e. The first-order chi connectivity index (χ1) is 8.34. The van der Waals surface area contributed by atoms with Gasteiger partial charge in [0.05, 0.1) is 11.9 Å². The van der Waals surface area contributed by atoms with Gasteiger partial charge in [-0.25, -0.2) is 17.5 Å². The monoisotopic (exact) mass is 275 g/mol. The van der Waals surface area contributed by atoms with Gasteiger partial charge in [-0.2, -0.15) is 0 Å². The van der Waals surface area contributed by atoms with E-state index in [2.05, 4.69) is 4.72 Å². The van der Waals surface area contributed by atoms with Crippen LogP contribution in [-0.2, 0) is 16.6 Å². The lowest BCUT2D eigenvalue weighted by atomic mass is 10.2. The number of rotatable bonds is 6. The van der Waals surface area contributed by atoms with Gasteiger partial charge in [0.25, 0.3) is 0 Å². The molecule has 0 atom stereocenters. The van der Waals surface area contributed by atoms with Gasteiger partial charge in [0, 0.05) is 6.54 Å². The van der Waals surface area contributed by atoms with Crippen molar-refractivity contribution >= 4 is 10.0 Å². The van der Waals surface area contributed by atoms with Crippen molar-refractivity contribution in [2.75, 3.05) is 5.75 Å². The summed E-state index contributed by atoms with van der Waals surface area (Å²) in [6.07, 6.45) is -0.107. The van der Waals surface area contributed by atoms with Gasteiger partial charge in [-0.3, -0.25) is 0 Å². The number of hydrogen-bond acceptors (Lipinski definition) is 3. The number of nitrogens with one attached hydrogen (secondary N) is 1. The normalized spacial score (nSPS) is 11.8. The lowest BCUT2D eigenvalue weighted by Gasteiger charge is -2.11. The summed E-state index contributed by atoms with van der Waals surface area (Å²) in [7, 11) is -3.26. The zero-order valence-electron chi connectivity index (χ0n) is 10.7. The first kappa shape index (κ1) is 14.9. The molecule has 0 radical (unpaired) electrons. The molecule has 1 rings (SSSR count). The van der Waals surface area contributed by atoms with Crippen molar-refractivity contribution in [3.8, 4) is 5.75 Å². The number of ether oxygens (including phenoxy) is 1. The molecule has 1 aromatic carbocycles. The third-order valence-electron chi connectivity index (χ3n) is 2.24. The number of halogens is 1. The van der Waals surface area contributed by atoms with Crippen LogP contribution in [0.2, 0.25) is 0 Å². The molecule has 1 aromatic rings. The van der Waals surface area contributed by atoms with Gasteiger partial charge in [0.15, 0.2) is 11.6 Å². The highest BCUT2D eigenvalue weighted by Crippen LogP contribution is 2.19. The molecule has 102 valence electrons. The summed E-state index contributed by atoms with van der Waals surface area (Å²) in [6.45, 7) is 5.24. The van der Waals surface area contributed by atoms with Crippen LogP contribution in [0.4, 0.5) is 4.39 Å². The van der Waals surface area contributed by atoms with E-state index in [1.54, 1.807) is 13.0 Å². The Morgan fingerprint density at radius 3 is 2.56 bits per heavy atom. The summed E-state index contributed by atoms with van der Waals surface area (Å²) in [5.74, 6) is -0.312. The zero-order valence-corrected chi connectivity index (χ0v) is 11.6. The fourth-order valence-corrected chi connectivity index (χ4v) is 1.89. The quantitative estimate of drug-likeness (QED) is 0.864. The van der Waals surface area contributed by atoms with Gasteiger partial charge in [-0.1, -0.05) is 6.07 Å². The molecule has 0 fully saturated rings.